The van der Waals surface area contributed by atoms with Crippen molar-refractivity contribution in [1.29, 1.82) is 0 Å². The van der Waals surface area contributed by atoms with Crippen LogP contribution < -0.4 is 10.5 Å². The van der Waals surface area contributed by atoms with E-state index >= 15 is 0 Å². The summed E-state index contributed by atoms with van der Waals surface area (Å²) in [5.74, 6) is -0.349. The number of hydrogen-bond donors (Lipinski definition) is 1. The minimum absolute atomic E-state index is 0.0415. The molecule has 15 heavy (non-hydrogen) atoms. The molecule has 1 aromatic carbocycles. The first-order valence-electron chi connectivity index (χ1n) is 3.73. The summed E-state index contributed by atoms with van der Waals surface area (Å²) in [7, 11) is 0. The van der Waals surface area contributed by atoms with Gasteiger partial charge in [0.1, 0.15) is 5.75 Å². The summed E-state index contributed by atoms with van der Waals surface area (Å²) in [6.45, 7) is 0. The summed E-state index contributed by atoms with van der Waals surface area (Å²) >= 11 is 8.49. The summed E-state index contributed by atoms with van der Waals surface area (Å²) in [5.41, 5.74) is 6.00. The second kappa shape index (κ2) is 4.49. The minimum Gasteiger partial charge on any atom is -0.404 e. The van der Waals surface area contributed by atoms with Crippen LogP contribution in [0.2, 0.25) is 0 Å². The molecule has 0 bridgehead atoms. The molecule has 0 unspecified atom stereocenters. The summed E-state index contributed by atoms with van der Waals surface area (Å²) in [5, 5.41) is 0. The van der Waals surface area contributed by atoms with Gasteiger partial charge in [0, 0.05) is 17.6 Å². The fourth-order valence-corrected chi connectivity index (χ4v) is 1.80. The van der Waals surface area contributed by atoms with Crippen molar-refractivity contribution < 1.29 is 17.9 Å². The number of ether oxygens (including phenoxy) is 1. The van der Waals surface area contributed by atoms with Crippen LogP contribution in [0.1, 0.15) is 5.56 Å². The van der Waals surface area contributed by atoms with Crippen LogP contribution in [0.5, 0.6) is 5.75 Å². The maximum Gasteiger partial charge on any atom is 0.573 e. The first-order valence-corrected chi connectivity index (χ1v) is 5.06. The van der Waals surface area contributed by atoms with Crippen LogP contribution in [0.3, 0.4) is 0 Å². The normalized spacial score (nSPS) is 11.5. The van der Waals surface area contributed by atoms with Gasteiger partial charge in [-0.2, -0.15) is 0 Å². The monoisotopic (exact) mass is 303 g/mol. The third-order valence-electron chi connectivity index (χ3n) is 1.51. The van der Waals surface area contributed by atoms with E-state index in [-0.39, 0.29) is 16.0 Å². The first kappa shape index (κ1) is 12.4. The van der Waals surface area contributed by atoms with Gasteiger partial charge < -0.3 is 10.5 Å². The number of nitrogens with two attached hydrogens (primary N) is 1. The molecule has 2 nitrogen and oxygen atoms in total. The van der Waals surface area contributed by atoms with Crippen LogP contribution in [0.25, 0.3) is 0 Å². The quantitative estimate of drug-likeness (QED) is 0.668. The lowest BCUT2D eigenvalue weighted by Gasteiger charge is -2.13. The molecule has 7 heteroatoms. The molecule has 0 fully saturated rings. The summed E-state index contributed by atoms with van der Waals surface area (Å²) in [6, 6.07) is 2.55. The molecule has 0 heterocycles. The van der Waals surface area contributed by atoms with Crippen molar-refractivity contribution in [2.45, 2.75) is 12.2 Å². The van der Waals surface area contributed by atoms with E-state index in [4.69, 9.17) is 17.3 Å². The van der Waals surface area contributed by atoms with Crippen LogP contribution >= 0.6 is 27.5 Å². The third-order valence-corrected chi connectivity index (χ3v) is 2.69. The van der Waals surface area contributed by atoms with Crippen LogP contribution in [0, 0.1) is 0 Å². The van der Waals surface area contributed by atoms with E-state index in [1.54, 1.807) is 0 Å². The van der Waals surface area contributed by atoms with Gasteiger partial charge >= 0.3 is 6.36 Å². The summed E-state index contributed by atoms with van der Waals surface area (Å²) in [6.07, 6.45) is -4.75. The molecule has 0 aromatic heterocycles. The number of anilines is 1. The van der Waals surface area contributed by atoms with E-state index in [0.29, 0.717) is 5.56 Å². The summed E-state index contributed by atoms with van der Waals surface area (Å²) in [4.78, 5) is 0. The number of rotatable bonds is 2. The van der Waals surface area contributed by atoms with Gasteiger partial charge in [-0.15, -0.1) is 24.8 Å². The molecular weight excluding hydrogens is 298 g/mol. The SMILES string of the molecule is Nc1cc(CCl)c(Br)c(OC(F)(F)F)c1. The Morgan fingerprint density at radius 3 is 2.47 bits per heavy atom. The molecule has 1 aromatic rings. The van der Waals surface area contributed by atoms with Crippen molar-refractivity contribution in [3.8, 4) is 5.75 Å². The zero-order chi connectivity index (χ0) is 11.6. The molecule has 0 radical (unpaired) electrons. The second-order valence-corrected chi connectivity index (χ2v) is 3.73. The van der Waals surface area contributed by atoms with Gasteiger partial charge in [-0.3, -0.25) is 0 Å². The Morgan fingerprint density at radius 1 is 1.40 bits per heavy atom. The lowest BCUT2D eigenvalue weighted by atomic mass is 10.2. The Bertz CT molecular complexity index is 370. The topological polar surface area (TPSA) is 35.2 Å². The zero-order valence-electron chi connectivity index (χ0n) is 7.24. The lowest BCUT2D eigenvalue weighted by molar-refractivity contribution is -0.274. The molecule has 0 aliphatic heterocycles. The Morgan fingerprint density at radius 2 is 2.00 bits per heavy atom. The van der Waals surface area contributed by atoms with Crippen LogP contribution in [0.15, 0.2) is 16.6 Å². The van der Waals surface area contributed by atoms with Crippen LogP contribution in [-0.4, -0.2) is 6.36 Å². The molecule has 0 aliphatic rings. The van der Waals surface area contributed by atoms with Crippen LogP contribution in [0.4, 0.5) is 18.9 Å². The molecule has 0 saturated carbocycles. The molecule has 0 atom stereocenters. The standard InChI is InChI=1S/C8H6BrClF3NO/c9-7-4(3-10)1-5(14)2-6(7)15-8(11,12)13/h1-2H,3,14H2. The number of nitrogen functional groups attached to an aromatic ring is 1. The van der Waals surface area contributed by atoms with E-state index in [0.717, 1.165) is 6.07 Å². The number of alkyl halides is 4. The zero-order valence-corrected chi connectivity index (χ0v) is 9.58. The van der Waals surface area contributed by atoms with Gasteiger partial charge in [-0.1, -0.05) is 0 Å². The second-order valence-electron chi connectivity index (χ2n) is 2.67. The van der Waals surface area contributed by atoms with E-state index in [1.165, 1.54) is 6.07 Å². The number of benzene rings is 1. The third kappa shape index (κ3) is 3.46. The van der Waals surface area contributed by atoms with Crippen molar-refractivity contribution >= 4 is 33.2 Å². The van der Waals surface area contributed by atoms with E-state index in [2.05, 4.69) is 20.7 Å². The highest BCUT2D eigenvalue weighted by Gasteiger charge is 2.32. The lowest BCUT2D eigenvalue weighted by Crippen LogP contribution is -2.17. The highest BCUT2D eigenvalue weighted by atomic mass is 79.9. The maximum atomic E-state index is 12.0. The number of halogens is 5. The Kier molecular flexibility index (Phi) is 3.72. The van der Waals surface area contributed by atoms with Crippen molar-refractivity contribution in [2.75, 3.05) is 5.73 Å². The predicted octanol–water partition coefficient (Wildman–Crippen LogP) is 3.67. The Hall–Kier alpha value is -0.620. The largest absolute Gasteiger partial charge is 0.573 e. The molecule has 0 saturated heterocycles. The average molecular weight is 304 g/mol. The molecule has 0 spiro atoms. The Labute approximate surface area is 97.3 Å². The van der Waals surface area contributed by atoms with Crippen LogP contribution in [-0.2, 0) is 5.88 Å². The van der Waals surface area contributed by atoms with Gasteiger partial charge in [-0.05, 0) is 27.6 Å². The van der Waals surface area contributed by atoms with E-state index in [1.807, 2.05) is 0 Å². The highest BCUT2D eigenvalue weighted by molar-refractivity contribution is 9.10. The smallest absolute Gasteiger partial charge is 0.404 e. The molecule has 84 valence electrons. The fourth-order valence-electron chi connectivity index (χ4n) is 0.975. The summed E-state index contributed by atoms with van der Waals surface area (Å²) < 4.78 is 39.8. The predicted molar refractivity (Wildman–Crippen MR) is 54.8 cm³/mol. The van der Waals surface area contributed by atoms with Gasteiger partial charge in [0.2, 0.25) is 0 Å². The maximum absolute atomic E-state index is 12.0. The molecular formula is C8H6BrClF3NO. The van der Waals surface area contributed by atoms with Crippen molar-refractivity contribution in [3.05, 3.63) is 22.2 Å². The van der Waals surface area contributed by atoms with Crippen molar-refractivity contribution in [3.63, 3.8) is 0 Å². The molecule has 2 N–H and O–H groups in total. The first-order chi connectivity index (χ1) is 6.83. The van der Waals surface area contributed by atoms with Crippen molar-refractivity contribution in [2.24, 2.45) is 0 Å². The van der Waals surface area contributed by atoms with Crippen molar-refractivity contribution in [1.82, 2.24) is 0 Å². The Balaban J connectivity index is 3.12. The van der Waals surface area contributed by atoms with Gasteiger partial charge in [-0.25, -0.2) is 0 Å². The molecule has 0 amide bonds. The minimum atomic E-state index is -4.75. The van der Waals surface area contributed by atoms with Gasteiger partial charge in [0.25, 0.3) is 0 Å². The fraction of sp³-hybridized carbons (Fsp3) is 0.250. The molecule has 0 aliphatic carbocycles. The van der Waals surface area contributed by atoms with E-state index in [9.17, 15) is 13.2 Å². The average Bonchev–Trinajstić information content (AvgIpc) is 2.08. The van der Waals surface area contributed by atoms with Gasteiger partial charge in [0.05, 0.1) is 4.47 Å². The van der Waals surface area contributed by atoms with E-state index < -0.39 is 12.1 Å². The number of hydrogen-bond acceptors (Lipinski definition) is 2. The highest BCUT2D eigenvalue weighted by Crippen LogP contribution is 2.35. The molecule has 1 rings (SSSR count). The van der Waals surface area contributed by atoms with Gasteiger partial charge in [0.15, 0.2) is 0 Å².